The zero-order valence-electron chi connectivity index (χ0n) is 14.1. The molecule has 4 N–H and O–H groups in total. The van der Waals surface area contributed by atoms with Gasteiger partial charge in [-0.15, -0.1) is 0 Å². The van der Waals surface area contributed by atoms with E-state index in [9.17, 15) is 9.90 Å². The van der Waals surface area contributed by atoms with Crippen molar-refractivity contribution in [3.8, 4) is 0 Å². The van der Waals surface area contributed by atoms with Crippen molar-refractivity contribution in [1.29, 1.82) is 0 Å². The summed E-state index contributed by atoms with van der Waals surface area (Å²) < 4.78 is 5.21. The van der Waals surface area contributed by atoms with Gasteiger partial charge < -0.3 is 20.6 Å². The van der Waals surface area contributed by atoms with Crippen LogP contribution in [0.1, 0.15) is 47.9 Å². The molecule has 0 aliphatic rings. The topological polar surface area (TPSA) is 101 Å². The first kappa shape index (κ1) is 17.1. The van der Waals surface area contributed by atoms with E-state index in [1.54, 1.807) is 0 Å². The third kappa shape index (κ3) is 3.55. The van der Waals surface area contributed by atoms with E-state index in [4.69, 9.17) is 10.2 Å². The summed E-state index contributed by atoms with van der Waals surface area (Å²) >= 11 is 0. The Labute approximate surface area is 145 Å². The number of carbonyl (C=O) groups excluding carboxylic acids is 1. The van der Waals surface area contributed by atoms with Crippen molar-refractivity contribution in [1.82, 2.24) is 10.3 Å². The molecule has 3 atom stereocenters. The maximum Gasteiger partial charge on any atom is 0.273 e. The Kier molecular flexibility index (Phi) is 4.83. The number of carbonyl (C=O) groups is 1. The second-order valence-electron chi connectivity index (χ2n) is 6.10. The summed E-state index contributed by atoms with van der Waals surface area (Å²) in [6, 6.07) is 13.0. The smallest absolute Gasteiger partial charge is 0.273 e. The minimum absolute atomic E-state index is 0.137. The molecule has 0 bridgehead atoms. The SMILES string of the molecule is CC(NC(=O)c1coc(C(N)C(C)O)n1)c1cccc2ccccc12. The summed E-state index contributed by atoms with van der Waals surface area (Å²) in [6.45, 7) is 3.46. The molecule has 130 valence electrons. The third-order valence-electron chi connectivity index (χ3n) is 4.20. The predicted octanol–water partition coefficient (Wildman–Crippen LogP) is 2.70. The Morgan fingerprint density at radius 2 is 1.92 bits per heavy atom. The van der Waals surface area contributed by atoms with Crippen LogP contribution in [0.15, 0.2) is 53.1 Å². The van der Waals surface area contributed by atoms with E-state index in [-0.39, 0.29) is 23.5 Å². The molecule has 2 aromatic carbocycles. The molecule has 6 nitrogen and oxygen atoms in total. The number of aromatic nitrogens is 1. The summed E-state index contributed by atoms with van der Waals surface area (Å²) in [5.74, 6) is -0.216. The number of benzene rings is 2. The number of aliphatic hydroxyl groups excluding tert-OH is 1. The fourth-order valence-electron chi connectivity index (χ4n) is 2.73. The first-order chi connectivity index (χ1) is 12.0. The molecule has 0 radical (unpaired) electrons. The van der Waals surface area contributed by atoms with E-state index in [2.05, 4.69) is 10.3 Å². The molecule has 3 aromatic rings. The Balaban J connectivity index is 1.78. The lowest BCUT2D eigenvalue weighted by Gasteiger charge is -2.16. The van der Waals surface area contributed by atoms with Gasteiger partial charge in [0.1, 0.15) is 12.3 Å². The monoisotopic (exact) mass is 339 g/mol. The number of fused-ring (bicyclic) bond motifs is 1. The first-order valence-electron chi connectivity index (χ1n) is 8.15. The Morgan fingerprint density at radius 3 is 2.68 bits per heavy atom. The highest BCUT2D eigenvalue weighted by atomic mass is 16.3. The molecule has 1 amide bonds. The highest BCUT2D eigenvalue weighted by Gasteiger charge is 2.21. The van der Waals surface area contributed by atoms with Crippen LogP contribution in [0.25, 0.3) is 10.8 Å². The fraction of sp³-hybridized carbons (Fsp3) is 0.263. The van der Waals surface area contributed by atoms with E-state index in [0.29, 0.717) is 0 Å². The third-order valence-corrected chi connectivity index (χ3v) is 4.20. The van der Waals surface area contributed by atoms with Crippen molar-refractivity contribution in [2.24, 2.45) is 5.73 Å². The fourth-order valence-corrected chi connectivity index (χ4v) is 2.73. The van der Waals surface area contributed by atoms with Crippen molar-refractivity contribution in [2.75, 3.05) is 0 Å². The number of aliphatic hydroxyl groups is 1. The van der Waals surface area contributed by atoms with Gasteiger partial charge in [0.25, 0.3) is 5.91 Å². The highest BCUT2D eigenvalue weighted by Crippen LogP contribution is 2.24. The van der Waals surface area contributed by atoms with E-state index >= 15 is 0 Å². The molecular weight excluding hydrogens is 318 g/mol. The molecule has 1 aromatic heterocycles. The van der Waals surface area contributed by atoms with E-state index in [0.717, 1.165) is 16.3 Å². The van der Waals surface area contributed by atoms with Crippen molar-refractivity contribution in [3.05, 3.63) is 65.9 Å². The summed E-state index contributed by atoms with van der Waals surface area (Å²) in [4.78, 5) is 16.5. The molecule has 0 saturated heterocycles. The average molecular weight is 339 g/mol. The number of nitrogens with two attached hydrogens (primary N) is 1. The second kappa shape index (κ2) is 7.04. The van der Waals surface area contributed by atoms with Crippen LogP contribution in [0.2, 0.25) is 0 Å². The van der Waals surface area contributed by atoms with Crippen LogP contribution in [-0.2, 0) is 0 Å². The van der Waals surface area contributed by atoms with Crippen molar-refractivity contribution in [2.45, 2.75) is 32.0 Å². The van der Waals surface area contributed by atoms with Crippen LogP contribution in [0.3, 0.4) is 0 Å². The Bertz CT molecular complexity index is 883. The molecule has 0 saturated carbocycles. The van der Waals surface area contributed by atoms with Crippen LogP contribution in [0, 0.1) is 0 Å². The van der Waals surface area contributed by atoms with Gasteiger partial charge in [-0.1, -0.05) is 42.5 Å². The Morgan fingerprint density at radius 1 is 1.20 bits per heavy atom. The summed E-state index contributed by atoms with van der Waals surface area (Å²) in [5, 5.41) is 14.6. The zero-order valence-corrected chi connectivity index (χ0v) is 14.1. The molecular formula is C19H21N3O3. The molecule has 0 fully saturated rings. The number of rotatable bonds is 5. The molecule has 0 aliphatic heterocycles. The van der Waals surface area contributed by atoms with Gasteiger partial charge in [-0.3, -0.25) is 4.79 Å². The molecule has 3 rings (SSSR count). The lowest BCUT2D eigenvalue weighted by Crippen LogP contribution is -2.27. The van der Waals surface area contributed by atoms with Gasteiger partial charge >= 0.3 is 0 Å². The average Bonchev–Trinajstić information content (AvgIpc) is 3.10. The van der Waals surface area contributed by atoms with Crippen molar-refractivity contribution >= 4 is 16.7 Å². The molecule has 25 heavy (non-hydrogen) atoms. The maximum absolute atomic E-state index is 12.4. The maximum atomic E-state index is 12.4. The Hall–Kier alpha value is -2.70. The van der Waals surface area contributed by atoms with Gasteiger partial charge in [0.15, 0.2) is 5.69 Å². The summed E-state index contributed by atoms with van der Waals surface area (Å²) in [6.07, 6.45) is 0.437. The van der Waals surface area contributed by atoms with Crippen LogP contribution in [0.4, 0.5) is 0 Å². The molecule has 3 unspecified atom stereocenters. The van der Waals surface area contributed by atoms with E-state index in [1.807, 2.05) is 49.4 Å². The number of amides is 1. The van der Waals surface area contributed by atoms with E-state index < -0.39 is 12.1 Å². The first-order valence-corrected chi connectivity index (χ1v) is 8.15. The van der Waals surface area contributed by atoms with E-state index in [1.165, 1.54) is 13.2 Å². The van der Waals surface area contributed by atoms with Crippen LogP contribution in [-0.4, -0.2) is 22.1 Å². The van der Waals surface area contributed by atoms with Crippen LogP contribution < -0.4 is 11.1 Å². The van der Waals surface area contributed by atoms with Gasteiger partial charge in [0, 0.05) is 0 Å². The number of hydrogen-bond acceptors (Lipinski definition) is 5. The van der Waals surface area contributed by atoms with Crippen molar-refractivity contribution < 1.29 is 14.3 Å². The molecule has 0 spiro atoms. The summed E-state index contributed by atoms with van der Waals surface area (Å²) in [5.41, 5.74) is 6.93. The van der Waals surface area contributed by atoms with Crippen molar-refractivity contribution in [3.63, 3.8) is 0 Å². The standard InChI is InChI=1S/C19H21N3O3/c1-11(14-9-5-7-13-6-3-4-8-15(13)14)21-18(24)16-10-25-19(22-16)17(20)12(2)23/h3-12,17,23H,20H2,1-2H3,(H,21,24). The highest BCUT2D eigenvalue weighted by molar-refractivity contribution is 5.93. The summed E-state index contributed by atoms with van der Waals surface area (Å²) in [7, 11) is 0. The number of hydrogen-bond donors (Lipinski definition) is 3. The number of nitrogens with one attached hydrogen (secondary N) is 1. The molecule has 6 heteroatoms. The largest absolute Gasteiger partial charge is 0.446 e. The van der Waals surface area contributed by atoms with Crippen LogP contribution >= 0.6 is 0 Å². The van der Waals surface area contributed by atoms with Gasteiger partial charge in [-0.25, -0.2) is 4.98 Å². The van der Waals surface area contributed by atoms with Gasteiger partial charge in [-0.2, -0.15) is 0 Å². The molecule has 0 aliphatic carbocycles. The minimum atomic E-state index is -0.816. The number of oxazole rings is 1. The van der Waals surface area contributed by atoms with Crippen LogP contribution in [0.5, 0.6) is 0 Å². The van der Waals surface area contributed by atoms with Gasteiger partial charge in [-0.05, 0) is 30.2 Å². The zero-order chi connectivity index (χ0) is 18.0. The van der Waals surface area contributed by atoms with Gasteiger partial charge in [0.05, 0.1) is 12.1 Å². The lowest BCUT2D eigenvalue weighted by molar-refractivity contribution is 0.0934. The molecule has 1 heterocycles. The number of nitrogens with zero attached hydrogens (tertiary/aromatic N) is 1. The normalized spacial score (nSPS) is 14.9. The predicted molar refractivity (Wildman–Crippen MR) is 94.9 cm³/mol. The van der Waals surface area contributed by atoms with Gasteiger partial charge in [0.2, 0.25) is 5.89 Å². The lowest BCUT2D eigenvalue weighted by atomic mass is 9.99. The quantitative estimate of drug-likeness (QED) is 0.663. The minimum Gasteiger partial charge on any atom is -0.446 e. The second-order valence-corrected chi connectivity index (χ2v) is 6.10.